The Labute approximate surface area is 444 Å². The number of methoxy groups -OCH3 is 3. The van der Waals surface area contributed by atoms with Crippen molar-refractivity contribution in [1.29, 1.82) is 0 Å². The van der Waals surface area contributed by atoms with Gasteiger partial charge in [-0.15, -0.1) is 0 Å². The number of aryl methyl sites for hydroxylation is 1. The molecule has 0 spiro atoms. The Kier molecular flexibility index (Phi) is 18.7. The van der Waals surface area contributed by atoms with Crippen molar-refractivity contribution in [2.75, 3.05) is 57.6 Å². The zero-order chi connectivity index (χ0) is 54.0. The van der Waals surface area contributed by atoms with Gasteiger partial charge in [-0.25, -0.2) is 24.3 Å². The molecule has 0 saturated heterocycles. The van der Waals surface area contributed by atoms with Gasteiger partial charge in [-0.3, -0.25) is 9.36 Å². The number of anilines is 2. The summed E-state index contributed by atoms with van der Waals surface area (Å²) < 4.78 is 92.6. The zero-order valence-corrected chi connectivity index (χ0v) is 45.9. The van der Waals surface area contributed by atoms with E-state index in [1.54, 1.807) is 50.9 Å². The molecule has 0 saturated carbocycles. The highest BCUT2D eigenvalue weighted by Crippen LogP contribution is 2.46. The van der Waals surface area contributed by atoms with Crippen LogP contribution in [-0.2, 0) is 37.3 Å². The maximum absolute atomic E-state index is 17.4. The van der Waals surface area contributed by atoms with E-state index in [0.29, 0.717) is 31.3 Å². The van der Waals surface area contributed by atoms with E-state index in [9.17, 15) is 4.79 Å². The second-order valence-electron chi connectivity index (χ2n) is 18.8. The summed E-state index contributed by atoms with van der Waals surface area (Å²) in [6.45, 7) is 10.9. The lowest BCUT2D eigenvalue weighted by atomic mass is 10.0. The number of rotatable bonds is 24. The van der Waals surface area contributed by atoms with Crippen LogP contribution in [0.1, 0.15) is 46.5 Å². The van der Waals surface area contributed by atoms with E-state index in [2.05, 4.69) is 50.1 Å². The first-order chi connectivity index (χ1) is 35.8. The van der Waals surface area contributed by atoms with Gasteiger partial charge in [0, 0.05) is 64.2 Å². The second kappa shape index (κ2) is 24.9. The fourth-order valence-electron chi connectivity index (χ4n) is 8.23. The summed E-state index contributed by atoms with van der Waals surface area (Å²) in [5, 5.41) is 5.60. The van der Waals surface area contributed by atoms with Crippen molar-refractivity contribution in [3.63, 3.8) is 0 Å². The Morgan fingerprint density at radius 1 is 0.840 bits per heavy atom. The summed E-state index contributed by atoms with van der Waals surface area (Å²) in [5.41, 5.74) is -1.10. The monoisotopic (exact) mass is 1090 g/mol. The summed E-state index contributed by atoms with van der Waals surface area (Å²) in [7, 11) is 3.25. The molecule has 0 radical (unpaired) electrons. The number of nitrogens with one attached hydrogen (secondary N) is 2. The number of nitrogens with zero attached hydrogens (tertiary/aromatic N) is 6. The van der Waals surface area contributed by atoms with Crippen LogP contribution in [0, 0.1) is 12.7 Å². The molecule has 0 amide bonds. The van der Waals surface area contributed by atoms with Crippen LogP contribution in [0.4, 0.5) is 29.2 Å². The Bertz CT molecular complexity index is 3080. The summed E-state index contributed by atoms with van der Waals surface area (Å²) in [5.74, 6) is 0.884. The highest BCUT2D eigenvalue weighted by Gasteiger charge is 2.40. The summed E-state index contributed by atoms with van der Waals surface area (Å²) in [6, 6.07) is 26.9. The maximum Gasteiger partial charge on any atom is 0.418 e. The largest absolute Gasteiger partial charge is 0.497 e. The SMILES string of the molecule is COc1ccc(CNc2nc(C)c(C(F)(F)F)c(-c3nc(OCCN[C@H](C)c4cccnc4N(Cc4ccc(OC)cc4)Cc4ccc(OC)cc4)c4c(=O)n(COCC[Si](C)(C)C)c(SC)nc4c3F)c2Cl)cc1. The van der Waals surface area contributed by atoms with Crippen LogP contribution in [0.3, 0.4) is 0 Å². The fraction of sp³-hybridized carbons (Fsp3) is 0.352. The van der Waals surface area contributed by atoms with E-state index < -0.39 is 64.6 Å². The molecule has 21 heteroatoms. The molecule has 7 rings (SSSR count). The summed E-state index contributed by atoms with van der Waals surface area (Å²) in [4.78, 5) is 34.8. The van der Waals surface area contributed by atoms with Crippen LogP contribution < -0.4 is 40.0 Å². The minimum absolute atomic E-state index is 0.0631. The minimum Gasteiger partial charge on any atom is -0.497 e. The van der Waals surface area contributed by atoms with Crippen LogP contribution >= 0.6 is 23.4 Å². The molecular formula is C54H61ClF4N8O6SSi. The molecular weight excluding hydrogens is 1030 g/mol. The lowest BCUT2D eigenvalue weighted by Gasteiger charge is -2.28. The van der Waals surface area contributed by atoms with E-state index >= 15 is 17.6 Å². The number of halogens is 5. The number of benzene rings is 3. The Morgan fingerprint density at radius 3 is 1.97 bits per heavy atom. The maximum atomic E-state index is 17.4. The van der Waals surface area contributed by atoms with Crippen molar-refractivity contribution in [2.45, 2.75) is 83.3 Å². The third-order valence-corrected chi connectivity index (χ3v) is 15.0. The molecule has 7 aromatic rings. The molecule has 0 fully saturated rings. The molecule has 0 unspecified atom stereocenters. The number of pyridine rings is 3. The van der Waals surface area contributed by atoms with Crippen LogP contribution in [0.2, 0.25) is 30.7 Å². The molecule has 1 atom stereocenters. The average molecular weight is 1090 g/mol. The molecule has 0 aliphatic carbocycles. The Morgan fingerprint density at radius 2 is 1.43 bits per heavy atom. The van der Waals surface area contributed by atoms with Crippen molar-refractivity contribution in [1.82, 2.24) is 29.8 Å². The number of aromatic nitrogens is 5. The highest BCUT2D eigenvalue weighted by molar-refractivity contribution is 7.98. The molecule has 0 bridgehead atoms. The predicted molar refractivity (Wildman–Crippen MR) is 290 cm³/mol. The highest BCUT2D eigenvalue weighted by atomic mass is 35.5. The van der Waals surface area contributed by atoms with Gasteiger partial charge in [0.2, 0.25) is 5.88 Å². The third-order valence-electron chi connectivity index (χ3n) is 12.3. The van der Waals surface area contributed by atoms with Gasteiger partial charge in [-0.1, -0.05) is 85.5 Å². The van der Waals surface area contributed by atoms with Crippen LogP contribution in [0.15, 0.2) is 101 Å². The quantitative estimate of drug-likeness (QED) is 0.0194. The molecule has 398 valence electrons. The molecule has 4 heterocycles. The van der Waals surface area contributed by atoms with Gasteiger partial charge in [0.1, 0.15) is 58.8 Å². The molecule has 2 N–H and O–H groups in total. The van der Waals surface area contributed by atoms with Gasteiger partial charge < -0.3 is 39.2 Å². The van der Waals surface area contributed by atoms with E-state index in [-0.39, 0.29) is 48.8 Å². The lowest BCUT2D eigenvalue weighted by Crippen LogP contribution is -2.29. The van der Waals surface area contributed by atoms with Crippen molar-refractivity contribution in [2.24, 2.45) is 0 Å². The van der Waals surface area contributed by atoms with Crippen LogP contribution in [0.5, 0.6) is 23.1 Å². The van der Waals surface area contributed by atoms with Crippen LogP contribution in [0.25, 0.3) is 22.2 Å². The first-order valence-corrected chi connectivity index (χ1v) is 29.4. The van der Waals surface area contributed by atoms with Gasteiger partial charge >= 0.3 is 6.18 Å². The van der Waals surface area contributed by atoms with Crippen molar-refractivity contribution < 1.29 is 41.2 Å². The summed E-state index contributed by atoms with van der Waals surface area (Å²) in [6.07, 6.45) is -1.70. The molecule has 14 nitrogen and oxygen atoms in total. The molecule has 0 aliphatic rings. The Hall–Kier alpha value is -6.45. The number of hydrogen-bond acceptors (Lipinski definition) is 14. The predicted octanol–water partition coefficient (Wildman–Crippen LogP) is 12.0. The lowest BCUT2D eigenvalue weighted by molar-refractivity contribution is -0.137. The fourth-order valence-corrected chi connectivity index (χ4v) is 9.82. The van der Waals surface area contributed by atoms with E-state index in [1.165, 1.54) is 11.7 Å². The van der Waals surface area contributed by atoms with Gasteiger partial charge in [0.15, 0.2) is 11.0 Å². The van der Waals surface area contributed by atoms with Gasteiger partial charge in [0.25, 0.3) is 5.56 Å². The number of hydrogen-bond donors (Lipinski definition) is 2. The first kappa shape index (κ1) is 56.3. The van der Waals surface area contributed by atoms with Crippen molar-refractivity contribution in [3.8, 4) is 34.4 Å². The summed E-state index contributed by atoms with van der Waals surface area (Å²) >= 11 is 7.92. The number of ether oxygens (including phenoxy) is 5. The normalized spacial score (nSPS) is 12.2. The zero-order valence-electron chi connectivity index (χ0n) is 43.3. The number of fused-ring (bicyclic) bond motifs is 1. The van der Waals surface area contributed by atoms with Crippen molar-refractivity contribution >= 4 is 54.0 Å². The molecule has 75 heavy (non-hydrogen) atoms. The average Bonchev–Trinajstić information content (AvgIpc) is 3.40. The molecule has 3 aromatic carbocycles. The third kappa shape index (κ3) is 13.9. The Balaban J connectivity index is 1.25. The van der Waals surface area contributed by atoms with Crippen LogP contribution in [-0.4, -0.2) is 79.9 Å². The first-order valence-electron chi connectivity index (χ1n) is 24.1. The standard InChI is InChI=1S/C54H61ClF4N8O6SSi/c1-33(41-11-10-24-61-50(41)66(30-36-14-20-39(70-4)21-15-36)31-37-16-22-40(71-5)23-17-37)60-25-26-73-51-43-48(65-53(74-6)67(52(43)68)32-72-27-28-75(7,8)9)46(56)47(64-51)42-44(54(57,58)59)34(2)63-49(45(42)55)62-29-35-12-18-38(69-3)19-13-35/h10-24,33,60H,25-32H2,1-9H3,(H,62,63)/t33-/m1/s1. The van der Waals surface area contributed by atoms with Crippen molar-refractivity contribution in [3.05, 3.63) is 146 Å². The van der Waals surface area contributed by atoms with Gasteiger partial charge in [-0.2, -0.15) is 13.2 Å². The number of alkyl halides is 3. The van der Waals surface area contributed by atoms with E-state index in [1.807, 2.05) is 67.6 Å². The molecule has 0 aliphatic heterocycles. The minimum atomic E-state index is -5.08. The van der Waals surface area contributed by atoms with Gasteiger partial charge in [0.05, 0.1) is 37.6 Å². The smallest absolute Gasteiger partial charge is 0.418 e. The second-order valence-corrected chi connectivity index (χ2v) is 25.6. The number of thioether (sulfide) groups is 1. The van der Waals surface area contributed by atoms with E-state index in [4.69, 9.17) is 40.3 Å². The van der Waals surface area contributed by atoms with E-state index in [0.717, 1.165) is 58.5 Å². The topological polar surface area (TPSA) is 147 Å². The molecule has 4 aromatic heterocycles. The van der Waals surface area contributed by atoms with Gasteiger partial charge in [-0.05, 0) is 85.3 Å².